The Bertz CT molecular complexity index is 847. The molecule has 0 bridgehead atoms. The highest BCUT2D eigenvalue weighted by Crippen LogP contribution is 2.44. The number of methoxy groups -OCH3 is 1. The minimum atomic E-state index is -0.912. The van der Waals surface area contributed by atoms with Crippen LogP contribution in [0.1, 0.15) is 36.8 Å². The maximum absolute atomic E-state index is 12.3. The van der Waals surface area contributed by atoms with Gasteiger partial charge in [-0.1, -0.05) is 48.5 Å². The van der Waals surface area contributed by atoms with Crippen LogP contribution >= 0.6 is 0 Å². The molecule has 0 aliphatic heterocycles. The predicted octanol–water partition coefficient (Wildman–Crippen LogP) is 3.44. The van der Waals surface area contributed by atoms with Crippen LogP contribution in [0.2, 0.25) is 0 Å². The van der Waals surface area contributed by atoms with Gasteiger partial charge in [-0.25, -0.2) is 9.59 Å². The zero-order chi connectivity index (χ0) is 20.1. The lowest BCUT2D eigenvalue weighted by Crippen LogP contribution is -2.42. The number of alkyl carbamates (subject to hydrolysis) is 1. The molecule has 0 saturated heterocycles. The Morgan fingerprint density at radius 1 is 1.00 bits per heavy atom. The number of hydrogen-bond acceptors (Lipinski definition) is 5. The summed E-state index contributed by atoms with van der Waals surface area (Å²) in [6, 6.07) is 15.2. The monoisotopic (exact) mass is 381 g/mol. The first-order valence-electron chi connectivity index (χ1n) is 9.20. The summed E-state index contributed by atoms with van der Waals surface area (Å²) in [5.41, 5.74) is 4.50. The molecule has 1 atom stereocenters. The van der Waals surface area contributed by atoms with Gasteiger partial charge < -0.3 is 19.6 Å². The summed E-state index contributed by atoms with van der Waals surface area (Å²) in [5.74, 6) is -0.732. The normalized spacial score (nSPS) is 13.2. The molecule has 146 valence electrons. The highest BCUT2D eigenvalue weighted by molar-refractivity contribution is 5.83. The third kappa shape index (κ3) is 4.22. The van der Waals surface area contributed by atoms with Crippen LogP contribution in [-0.4, -0.2) is 37.6 Å². The molecule has 28 heavy (non-hydrogen) atoms. The molecule has 0 aromatic heterocycles. The van der Waals surface area contributed by atoms with E-state index in [0.717, 1.165) is 22.3 Å². The highest BCUT2D eigenvalue weighted by atomic mass is 16.6. The highest BCUT2D eigenvalue weighted by Gasteiger charge is 2.29. The number of fused-ring (bicyclic) bond motifs is 3. The first kappa shape index (κ1) is 19.6. The van der Waals surface area contributed by atoms with E-state index in [-0.39, 0.29) is 31.1 Å². The van der Waals surface area contributed by atoms with Crippen molar-refractivity contribution in [2.24, 2.45) is 0 Å². The van der Waals surface area contributed by atoms with Gasteiger partial charge in [-0.15, -0.1) is 0 Å². The number of nitrogens with one attached hydrogen (secondary N) is 1. The summed E-state index contributed by atoms with van der Waals surface area (Å²) in [7, 11) is 1.24. The summed E-state index contributed by atoms with van der Waals surface area (Å²) >= 11 is 0. The lowest BCUT2D eigenvalue weighted by molar-refractivity contribution is -0.143. The van der Waals surface area contributed by atoms with Crippen LogP contribution in [-0.2, 0) is 19.1 Å². The molecule has 0 radical (unpaired) electrons. The van der Waals surface area contributed by atoms with E-state index in [1.165, 1.54) is 14.0 Å². The second-order valence-electron chi connectivity index (χ2n) is 6.79. The minimum Gasteiger partial charge on any atom is -0.467 e. The summed E-state index contributed by atoms with van der Waals surface area (Å²) < 4.78 is 10.1. The van der Waals surface area contributed by atoms with Crippen molar-refractivity contribution in [2.45, 2.75) is 31.7 Å². The van der Waals surface area contributed by atoms with Crippen molar-refractivity contribution in [3.05, 3.63) is 59.7 Å². The van der Waals surface area contributed by atoms with Gasteiger partial charge in [0, 0.05) is 12.3 Å². The van der Waals surface area contributed by atoms with Gasteiger partial charge in [0.05, 0.1) is 7.11 Å². The summed E-state index contributed by atoms with van der Waals surface area (Å²) in [6.07, 6.45) is -0.365. The van der Waals surface area contributed by atoms with E-state index in [2.05, 4.69) is 17.4 Å². The third-order valence-electron chi connectivity index (χ3n) is 4.91. The molecule has 0 fully saturated rings. The molecule has 2 aromatic carbocycles. The van der Waals surface area contributed by atoms with Gasteiger partial charge in [0.25, 0.3) is 0 Å². The number of amides is 1. The van der Waals surface area contributed by atoms with Crippen molar-refractivity contribution in [1.29, 1.82) is 0 Å². The van der Waals surface area contributed by atoms with E-state index in [1.54, 1.807) is 0 Å². The summed E-state index contributed by atoms with van der Waals surface area (Å²) in [6.45, 7) is 1.59. The number of rotatable bonds is 7. The van der Waals surface area contributed by atoms with Crippen molar-refractivity contribution in [1.82, 2.24) is 5.32 Å². The number of esters is 1. The fraction of sp³-hybridized carbons (Fsp3) is 0.318. The van der Waals surface area contributed by atoms with Gasteiger partial charge in [-0.3, -0.25) is 0 Å². The average molecular weight is 381 g/mol. The lowest BCUT2D eigenvalue weighted by atomic mass is 9.98. The largest absolute Gasteiger partial charge is 0.467 e. The van der Waals surface area contributed by atoms with E-state index in [4.69, 9.17) is 9.47 Å². The van der Waals surface area contributed by atoms with Gasteiger partial charge in [0.2, 0.25) is 0 Å². The number of hydrogen-bond donors (Lipinski definition) is 1. The Morgan fingerprint density at radius 3 is 2.11 bits per heavy atom. The van der Waals surface area contributed by atoms with E-state index >= 15 is 0 Å². The number of Topliss-reactive ketones (excluding diaryl/α,β-unsaturated/α-hetero) is 1. The number of carbonyl (C=O) groups excluding carboxylic acids is 3. The molecule has 1 N–H and O–H groups in total. The minimum absolute atomic E-state index is 0.0630. The third-order valence-corrected chi connectivity index (χ3v) is 4.91. The second-order valence-corrected chi connectivity index (χ2v) is 6.79. The number of ketones is 1. The first-order valence-corrected chi connectivity index (χ1v) is 9.20. The SMILES string of the molecule is COC(=O)[C@@H](CCC(C)=O)NC(=O)OCC1c2ccccc2-c2ccccc21. The van der Waals surface area contributed by atoms with Gasteiger partial charge in [-0.05, 0) is 35.6 Å². The molecule has 0 unspecified atom stereocenters. The number of benzene rings is 2. The molecule has 2 aromatic rings. The van der Waals surface area contributed by atoms with Crippen molar-refractivity contribution in [3.8, 4) is 11.1 Å². The fourth-order valence-electron chi connectivity index (χ4n) is 3.52. The van der Waals surface area contributed by atoms with Crippen molar-refractivity contribution < 1.29 is 23.9 Å². The molecule has 1 amide bonds. The summed E-state index contributed by atoms with van der Waals surface area (Å²) in [4.78, 5) is 35.3. The maximum Gasteiger partial charge on any atom is 0.407 e. The molecule has 6 heteroatoms. The van der Waals surface area contributed by atoms with Crippen LogP contribution in [0.15, 0.2) is 48.5 Å². The molecule has 1 aliphatic carbocycles. The van der Waals surface area contributed by atoms with Crippen LogP contribution in [0.5, 0.6) is 0 Å². The van der Waals surface area contributed by atoms with E-state index in [0.29, 0.717) is 0 Å². The Morgan fingerprint density at radius 2 is 1.57 bits per heavy atom. The van der Waals surface area contributed by atoms with Crippen LogP contribution in [0, 0.1) is 0 Å². The van der Waals surface area contributed by atoms with Crippen LogP contribution in [0.25, 0.3) is 11.1 Å². The maximum atomic E-state index is 12.3. The number of carbonyl (C=O) groups is 3. The van der Waals surface area contributed by atoms with Gasteiger partial charge in [0.1, 0.15) is 18.4 Å². The second kappa shape index (κ2) is 8.69. The topological polar surface area (TPSA) is 81.7 Å². The molecule has 0 saturated carbocycles. The molecular formula is C22H23NO5. The standard InChI is InChI=1S/C22H23NO5/c1-14(24)11-12-20(21(25)27-2)23-22(26)28-13-19-17-9-5-3-7-15(17)16-8-4-6-10-18(16)19/h3-10,19-20H,11-13H2,1-2H3,(H,23,26)/t20-/m1/s1. The zero-order valence-electron chi connectivity index (χ0n) is 15.9. The van der Waals surface area contributed by atoms with Crippen LogP contribution in [0.3, 0.4) is 0 Å². The zero-order valence-corrected chi connectivity index (χ0v) is 15.9. The molecular weight excluding hydrogens is 358 g/mol. The molecule has 0 heterocycles. The quantitative estimate of drug-likeness (QED) is 0.743. The Balaban J connectivity index is 1.67. The Hall–Kier alpha value is -3.15. The van der Waals surface area contributed by atoms with Gasteiger partial charge in [-0.2, -0.15) is 0 Å². The van der Waals surface area contributed by atoms with Crippen LogP contribution in [0.4, 0.5) is 4.79 Å². The van der Waals surface area contributed by atoms with Gasteiger partial charge >= 0.3 is 12.1 Å². The predicted molar refractivity (Wildman–Crippen MR) is 104 cm³/mol. The smallest absolute Gasteiger partial charge is 0.407 e. The molecule has 0 spiro atoms. The molecule has 3 rings (SSSR count). The Kier molecular flexibility index (Phi) is 6.09. The van der Waals surface area contributed by atoms with Crippen LogP contribution < -0.4 is 5.32 Å². The molecule has 6 nitrogen and oxygen atoms in total. The molecule has 1 aliphatic rings. The Labute approximate surface area is 163 Å². The van der Waals surface area contributed by atoms with E-state index in [1.807, 2.05) is 36.4 Å². The average Bonchev–Trinajstić information content (AvgIpc) is 3.02. The first-order chi connectivity index (χ1) is 13.5. The van der Waals surface area contributed by atoms with E-state index < -0.39 is 18.1 Å². The lowest BCUT2D eigenvalue weighted by Gasteiger charge is -2.18. The van der Waals surface area contributed by atoms with E-state index in [9.17, 15) is 14.4 Å². The summed E-state index contributed by atoms with van der Waals surface area (Å²) in [5, 5.41) is 2.51. The van der Waals surface area contributed by atoms with Crippen molar-refractivity contribution in [3.63, 3.8) is 0 Å². The van der Waals surface area contributed by atoms with Crippen molar-refractivity contribution in [2.75, 3.05) is 13.7 Å². The fourth-order valence-corrected chi connectivity index (χ4v) is 3.52. The van der Waals surface area contributed by atoms with Crippen molar-refractivity contribution >= 4 is 17.8 Å². The van der Waals surface area contributed by atoms with Gasteiger partial charge in [0.15, 0.2) is 0 Å². The number of ether oxygens (including phenoxy) is 2.